The maximum absolute atomic E-state index is 12.4. The predicted octanol–water partition coefficient (Wildman–Crippen LogP) is 2.47. The monoisotopic (exact) mass is 424 g/mol. The van der Waals surface area contributed by atoms with Crippen molar-refractivity contribution in [2.75, 3.05) is 19.0 Å². The lowest BCUT2D eigenvalue weighted by molar-refractivity contribution is -0.141. The lowest BCUT2D eigenvalue weighted by atomic mass is 10.0. The standard InChI is InChI=1S/C18H18Cl2N4O4/c1-27-18(26)15(24-11-4-2-9(3-5-11)17(22)23)12-6-10(19)7-13(20)16(12)28-8-14(21)25/h2-7,15,24H,8H2,1H3,(H2,21,25)(H3,22,23). The minimum atomic E-state index is -1.05. The average Bonchev–Trinajstić information content (AvgIpc) is 2.64. The molecule has 2 rings (SSSR count). The number of benzene rings is 2. The number of anilines is 1. The highest BCUT2D eigenvalue weighted by atomic mass is 35.5. The molecule has 0 saturated heterocycles. The number of amides is 1. The fraction of sp³-hybridized carbons (Fsp3) is 0.167. The van der Waals surface area contributed by atoms with E-state index in [9.17, 15) is 9.59 Å². The fourth-order valence-electron chi connectivity index (χ4n) is 2.38. The van der Waals surface area contributed by atoms with Crippen molar-refractivity contribution in [1.82, 2.24) is 0 Å². The third kappa shape index (κ3) is 5.28. The van der Waals surface area contributed by atoms with E-state index in [1.165, 1.54) is 19.2 Å². The van der Waals surface area contributed by atoms with E-state index in [0.29, 0.717) is 11.3 Å². The molecule has 0 spiro atoms. The number of hydrogen-bond donors (Lipinski definition) is 4. The first-order chi connectivity index (χ1) is 13.2. The number of ether oxygens (including phenoxy) is 2. The average molecular weight is 425 g/mol. The van der Waals surface area contributed by atoms with Gasteiger partial charge < -0.3 is 26.3 Å². The Kier molecular flexibility index (Phi) is 7.08. The van der Waals surface area contributed by atoms with Crippen LogP contribution in [-0.2, 0) is 14.3 Å². The van der Waals surface area contributed by atoms with Gasteiger partial charge in [0.05, 0.1) is 12.1 Å². The molecule has 0 aliphatic carbocycles. The number of nitrogens with one attached hydrogen (secondary N) is 2. The Bertz CT molecular complexity index is 903. The van der Waals surface area contributed by atoms with Crippen molar-refractivity contribution in [2.24, 2.45) is 11.5 Å². The Hall–Kier alpha value is -2.97. The lowest BCUT2D eigenvalue weighted by Crippen LogP contribution is -2.25. The third-order valence-corrected chi connectivity index (χ3v) is 4.15. The summed E-state index contributed by atoms with van der Waals surface area (Å²) >= 11 is 12.3. The molecule has 2 aromatic carbocycles. The van der Waals surface area contributed by atoms with Crippen molar-refractivity contribution in [1.29, 1.82) is 5.41 Å². The zero-order valence-corrected chi connectivity index (χ0v) is 16.3. The molecule has 1 atom stereocenters. The Morgan fingerprint density at radius 1 is 1.18 bits per heavy atom. The van der Waals surface area contributed by atoms with Gasteiger partial charge in [-0.25, -0.2) is 4.79 Å². The molecule has 0 aliphatic heterocycles. The van der Waals surface area contributed by atoms with Crippen LogP contribution in [0.4, 0.5) is 5.69 Å². The molecule has 148 valence electrons. The molecule has 0 radical (unpaired) electrons. The van der Waals surface area contributed by atoms with E-state index in [1.54, 1.807) is 24.3 Å². The van der Waals surface area contributed by atoms with Crippen LogP contribution >= 0.6 is 23.2 Å². The van der Waals surface area contributed by atoms with E-state index in [2.05, 4.69) is 5.32 Å². The van der Waals surface area contributed by atoms with Gasteiger partial charge in [0.15, 0.2) is 12.6 Å². The second-order valence-corrected chi connectivity index (χ2v) is 6.50. The fourth-order valence-corrected chi connectivity index (χ4v) is 2.95. The van der Waals surface area contributed by atoms with Crippen LogP contribution in [0.3, 0.4) is 0 Å². The molecule has 10 heteroatoms. The van der Waals surface area contributed by atoms with Gasteiger partial charge in [0.2, 0.25) is 0 Å². The first-order valence-corrected chi connectivity index (χ1v) is 8.67. The highest BCUT2D eigenvalue weighted by molar-refractivity contribution is 6.35. The zero-order chi connectivity index (χ0) is 20.8. The van der Waals surface area contributed by atoms with E-state index in [4.69, 9.17) is 49.6 Å². The van der Waals surface area contributed by atoms with E-state index in [0.717, 1.165) is 0 Å². The highest BCUT2D eigenvalue weighted by Gasteiger charge is 2.27. The summed E-state index contributed by atoms with van der Waals surface area (Å²) in [6.07, 6.45) is 0. The second kappa shape index (κ2) is 9.29. The topological polar surface area (TPSA) is 141 Å². The number of methoxy groups -OCH3 is 1. The molecule has 2 aromatic rings. The molecule has 0 aliphatic rings. The number of carbonyl (C=O) groups is 2. The van der Waals surface area contributed by atoms with Crippen LogP contribution in [0.2, 0.25) is 10.0 Å². The minimum absolute atomic E-state index is 0.0770. The number of nitrogens with two attached hydrogens (primary N) is 2. The summed E-state index contributed by atoms with van der Waals surface area (Å²) in [5.41, 5.74) is 11.9. The summed E-state index contributed by atoms with van der Waals surface area (Å²) in [6.45, 7) is -0.435. The van der Waals surface area contributed by atoms with Crippen LogP contribution in [0.25, 0.3) is 0 Å². The quantitative estimate of drug-likeness (QED) is 0.291. The van der Waals surface area contributed by atoms with Crippen LogP contribution in [0.15, 0.2) is 36.4 Å². The number of amidine groups is 1. The Morgan fingerprint density at radius 2 is 1.82 bits per heavy atom. The number of esters is 1. The van der Waals surface area contributed by atoms with Crippen LogP contribution in [0.1, 0.15) is 17.2 Å². The zero-order valence-electron chi connectivity index (χ0n) is 14.8. The van der Waals surface area contributed by atoms with Crippen LogP contribution in [0, 0.1) is 5.41 Å². The van der Waals surface area contributed by atoms with Gasteiger partial charge in [0, 0.05) is 21.8 Å². The molecule has 1 unspecified atom stereocenters. The number of nitrogen functional groups attached to an aromatic ring is 1. The van der Waals surface area contributed by atoms with Gasteiger partial charge in [-0.1, -0.05) is 23.2 Å². The van der Waals surface area contributed by atoms with E-state index >= 15 is 0 Å². The molecule has 0 bridgehead atoms. The van der Waals surface area contributed by atoms with Gasteiger partial charge >= 0.3 is 5.97 Å². The van der Waals surface area contributed by atoms with Crippen molar-refractivity contribution >= 4 is 46.6 Å². The van der Waals surface area contributed by atoms with Gasteiger partial charge in [-0.05, 0) is 36.4 Å². The molecule has 0 heterocycles. The molecule has 0 fully saturated rings. The van der Waals surface area contributed by atoms with Crippen molar-refractivity contribution < 1.29 is 19.1 Å². The van der Waals surface area contributed by atoms with Gasteiger partial charge in [-0.3, -0.25) is 10.2 Å². The summed E-state index contributed by atoms with van der Waals surface area (Å²) in [5.74, 6) is -1.36. The smallest absolute Gasteiger partial charge is 0.333 e. The van der Waals surface area contributed by atoms with E-state index in [-0.39, 0.29) is 27.2 Å². The molecular formula is C18H18Cl2N4O4. The first kappa shape index (κ1) is 21.3. The van der Waals surface area contributed by atoms with Crippen LogP contribution < -0.4 is 21.5 Å². The second-order valence-electron chi connectivity index (χ2n) is 5.65. The van der Waals surface area contributed by atoms with Gasteiger partial charge in [-0.15, -0.1) is 0 Å². The molecule has 8 nitrogen and oxygen atoms in total. The lowest BCUT2D eigenvalue weighted by Gasteiger charge is -2.22. The number of rotatable bonds is 8. The Labute approximate surface area is 171 Å². The highest BCUT2D eigenvalue weighted by Crippen LogP contribution is 2.37. The van der Waals surface area contributed by atoms with Crippen molar-refractivity contribution in [2.45, 2.75) is 6.04 Å². The largest absolute Gasteiger partial charge is 0.482 e. The summed E-state index contributed by atoms with van der Waals surface area (Å²) in [6, 6.07) is 8.36. The number of halogens is 2. The third-order valence-electron chi connectivity index (χ3n) is 3.65. The van der Waals surface area contributed by atoms with Gasteiger partial charge in [0.25, 0.3) is 5.91 Å². The summed E-state index contributed by atoms with van der Waals surface area (Å²) in [5, 5.41) is 10.8. The van der Waals surface area contributed by atoms with E-state index in [1.807, 2.05) is 0 Å². The maximum Gasteiger partial charge on any atom is 0.333 e. The molecule has 1 amide bonds. The Morgan fingerprint density at radius 3 is 2.36 bits per heavy atom. The molecule has 6 N–H and O–H groups in total. The minimum Gasteiger partial charge on any atom is -0.482 e. The van der Waals surface area contributed by atoms with Crippen LogP contribution in [0.5, 0.6) is 5.75 Å². The molecule has 28 heavy (non-hydrogen) atoms. The Balaban J connectivity index is 2.46. The van der Waals surface area contributed by atoms with Crippen molar-refractivity contribution in [3.05, 3.63) is 57.6 Å². The van der Waals surface area contributed by atoms with Crippen molar-refractivity contribution in [3.63, 3.8) is 0 Å². The number of carbonyl (C=O) groups excluding carboxylic acids is 2. The van der Waals surface area contributed by atoms with Crippen LogP contribution in [-0.4, -0.2) is 31.4 Å². The van der Waals surface area contributed by atoms with E-state index < -0.39 is 24.5 Å². The maximum atomic E-state index is 12.4. The van der Waals surface area contributed by atoms with Gasteiger partial charge in [0.1, 0.15) is 11.6 Å². The normalized spacial score (nSPS) is 11.4. The number of hydrogen-bond acceptors (Lipinski definition) is 6. The molecular weight excluding hydrogens is 407 g/mol. The predicted molar refractivity (Wildman–Crippen MR) is 107 cm³/mol. The van der Waals surface area contributed by atoms with Gasteiger partial charge in [-0.2, -0.15) is 0 Å². The molecule has 0 saturated carbocycles. The van der Waals surface area contributed by atoms with Crippen molar-refractivity contribution in [3.8, 4) is 5.75 Å². The summed E-state index contributed by atoms with van der Waals surface area (Å²) in [4.78, 5) is 23.5. The SMILES string of the molecule is COC(=O)C(Nc1ccc(C(=N)N)cc1)c1cc(Cl)cc(Cl)c1OCC(N)=O. The molecule has 0 aromatic heterocycles. The summed E-state index contributed by atoms with van der Waals surface area (Å²) < 4.78 is 10.3. The summed E-state index contributed by atoms with van der Waals surface area (Å²) in [7, 11) is 1.23. The number of primary amides is 1. The first-order valence-electron chi connectivity index (χ1n) is 7.91.